The van der Waals surface area contributed by atoms with Crippen LogP contribution in [-0.4, -0.2) is 28.2 Å². The molecule has 2 rings (SSSR count). The third kappa shape index (κ3) is 5.60. The molecule has 2 aromatic rings. The Labute approximate surface area is 125 Å². The Hall–Kier alpha value is -1.81. The average Bonchev–Trinajstić information content (AvgIpc) is 2.90. The fraction of sp³-hybridized carbons (Fsp3) is 0.182. The summed E-state index contributed by atoms with van der Waals surface area (Å²) in [5.74, 6) is -0.501. The third-order valence-electron chi connectivity index (χ3n) is 2.04. The Kier molecular flexibility index (Phi) is 5.02. The molecule has 0 fully saturated rings. The Morgan fingerprint density at radius 3 is 2.62 bits per heavy atom. The second-order valence-electron chi connectivity index (χ2n) is 3.61. The molecule has 0 unspecified atom stereocenters. The van der Waals surface area contributed by atoms with Crippen molar-refractivity contribution in [3.8, 4) is 5.75 Å². The fourth-order valence-electron chi connectivity index (χ4n) is 1.29. The van der Waals surface area contributed by atoms with Gasteiger partial charge in [-0.1, -0.05) is 23.1 Å². The normalized spacial score (nSPS) is 11.2. The molecule has 0 radical (unpaired) electrons. The zero-order valence-corrected chi connectivity index (χ0v) is 11.9. The van der Waals surface area contributed by atoms with Crippen molar-refractivity contribution in [1.82, 2.24) is 10.2 Å². The first-order valence-corrected chi connectivity index (χ1v) is 7.33. The number of aromatic nitrogens is 2. The van der Waals surface area contributed by atoms with Crippen LogP contribution in [0.4, 0.5) is 18.9 Å². The summed E-state index contributed by atoms with van der Waals surface area (Å²) >= 11 is 2.54. The summed E-state index contributed by atoms with van der Waals surface area (Å²) in [6, 6.07) is 4.91. The van der Waals surface area contributed by atoms with Crippen LogP contribution in [0.1, 0.15) is 0 Å². The molecule has 10 heteroatoms. The minimum atomic E-state index is -4.73. The van der Waals surface area contributed by atoms with Crippen LogP contribution in [0.2, 0.25) is 0 Å². The molecule has 0 atom stereocenters. The summed E-state index contributed by atoms with van der Waals surface area (Å²) in [6.07, 6.45) is -4.73. The number of nitrogens with zero attached hydrogens (tertiary/aromatic N) is 2. The number of halogens is 3. The Morgan fingerprint density at radius 1 is 1.33 bits per heavy atom. The first kappa shape index (κ1) is 15.6. The van der Waals surface area contributed by atoms with E-state index in [1.807, 2.05) is 0 Å². The standard InChI is InChI=1S/C11H8F3N3O2S2/c12-11(13,14)19-8-3-1-7(2-4-8)16-9(18)5-20-10-17-15-6-21-10/h1-4,6H,5H2,(H,16,18). The van der Waals surface area contributed by atoms with Crippen molar-refractivity contribution in [3.63, 3.8) is 0 Å². The summed E-state index contributed by atoms with van der Waals surface area (Å²) in [7, 11) is 0. The van der Waals surface area contributed by atoms with Crippen LogP contribution in [0.3, 0.4) is 0 Å². The van der Waals surface area contributed by atoms with E-state index in [-0.39, 0.29) is 17.4 Å². The van der Waals surface area contributed by atoms with Gasteiger partial charge in [-0.15, -0.1) is 23.4 Å². The zero-order valence-electron chi connectivity index (χ0n) is 10.3. The van der Waals surface area contributed by atoms with Crippen molar-refractivity contribution in [2.45, 2.75) is 10.7 Å². The minimum Gasteiger partial charge on any atom is -0.406 e. The maximum atomic E-state index is 12.0. The molecule has 0 aliphatic carbocycles. The highest BCUT2D eigenvalue weighted by Crippen LogP contribution is 2.24. The van der Waals surface area contributed by atoms with Crippen molar-refractivity contribution >= 4 is 34.7 Å². The van der Waals surface area contributed by atoms with E-state index in [2.05, 4.69) is 20.3 Å². The molecule has 21 heavy (non-hydrogen) atoms. The number of hydrogen-bond acceptors (Lipinski definition) is 6. The molecule has 0 saturated carbocycles. The lowest BCUT2D eigenvalue weighted by molar-refractivity contribution is -0.274. The van der Waals surface area contributed by atoms with Crippen molar-refractivity contribution in [3.05, 3.63) is 29.8 Å². The van der Waals surface area contributed by atoms with Gasteiger partial charge in [0.1, 0.15) is 11.3 Å². The second-order valence-corrected chi connectivity index (χ2v) is 5.67. The van der Waals surface area contributed by atoms with Gasteiger partial charge in [0.05, 0.1) is 5.75 Å². The number of amides is 1. The molecule has 112 valence electrons. The average molecular weight is 335 g/mol. The molecular weight excluding hydrogens is 327 g/mol. The second kappa shape index (κ2) is 6.76. The Bertz CT molecular complexity index is 588. The lowest BCUT2D eigenvalue weighted by Crippen LogP contribution is -2.17. The van der Waals surface area contributed by atoms with E-state index < -0.39 is 6.36 Å². The molecular formula is C11H8F3N3O2S2. The summed E-state index contributed by atoms with van der Waals surface area (Å²) in [4.78, 5) is 11.6. The van der Waals surface area contributed by atoms with Gasteiger partial charge in [-0.05, 0) is 24.3 Å². The Morgan fingerprint density at radius 2 is 2.05 bits per heavy atom. The third-order valence-corrected chi connectivity index (χ3v) is 3.90. The predicted molar refractivity (Wildman–Crippen MR) is 72.4 cm³/mol. The number of ether oxygens (including phenoxy) is 1. The number of rotatable bonds is 5. The number of carbonyl (C=O) groups is 1. The van der Waals surface area contributed by atoms with Gasteiger partial charge < -0.3 is 10.1 Å². The van der Waals surface area contributed by atoms with Crippen LogP contribution in [-0.2, 0) is 4.79 Å². The lowest BCUT2D eigenvalue weighted by atomic mass is 10.3. The van der Waals surface area contributed by atoms with Crippen molar-refractivity contribution < 1.29 is 22.7 Å². The smallest absolute Gasteiger partial charge is 0.406 e. The topological polar surface area (TPSA) is 64.1 Å². The summed E-state index contributed by atoms with van der Waals surface area (Å²) in [5.41, 5.74) is 1.94. The van der Waals surface area contributed by atoms with E-state index >= 15 is 0 Å². The van der Waals surface area contributed by atoms with Gasteiger partial charge in [-0.3, -0.25) is 4.79 Å². The highest BCUT2D eigenvalue weighted by molar-refractivity contribution is 8.01. The first-order chi connectivity index (χ1) is 9.92. The van der Waals surface area contributed by atoms with E-state index in [0.29, 0.717) is 10.0 Å². The first-order valence-electron chi connectivity index (χ1n) is 5.47. The number of nitrogens with one attached hydrogen (secondary N) is 1. The maximum absolute atomic E-state index is 12.0. The molecule has 1 amide bonds. The summed E-state index contributed by atoms with van der Waals surface area (Å²) in [6.45, 7) is 0. The number of carbonyl (C=O) groups excluding carboxylic acids is 1. The van der Waals surface area contributed by atoms with Gasteiger partial charge in [0.2, 0.25) is 5.91 Å². The molecule has 5 nitrogen and oxygen atoms in total. The lowest BCUT2D eigenvalue weighted by Gasteiger charge is -2.09. The fourth-order valence-corrected chi connectivity index (χ4v) is 2.58. The largest absolute Gasteiger partial charge is 0.573 e. The SMILES string of the molecule is O=C(CSc1nncs1)Nc1ccc(OC(F)(F)F)cc1. The van der Waals surface area contributed by atoms with Gasteiger partial charge >= 0.3 is 6.36 Å². The van der Waals surface area contributed by atoms with Crippen LogP contribution in [0.15, 0.2) is 34.1 Å². The Balaban J connectivity index is 1.83. The van der Waals surface area contributed by atoms with E-state index in [0.717, 1.165) is 12.1 Å². The van der Waals surface area contributed by atoms with Gasteiger partial charge in [0.15, 0.2) is 4.34 Å². The van der Waals surface area contributed by atoms with Gasteiger partial charge in [-0.25, -0.2) is 0 Å². The van der Waals surface area contributed by atoms with Gasteiger partial charge in [0.25, 0.3) is 0 Å². The molecule has 1 N–H and O–H groups in total. The van der Waals surface area contributed by atoms with Crippen LogP contribution in [0, 0.1) is 0 Å². The molecule has 0 saturated heterocycles. The molecule has 0 bridgehead atoms. The number of anilines is 1. The summed E-state index contributed by atoms with van der Waals surface area (Å²) < 4.78 is 40.3. The maximum Gasteiger partial charge on any atom is 0.573 e. The highest BCUT2D eigenvalue weighted by atomic mass is 32.2. The van der Waals surface area contributed by atoms with E-state index in [4.69, 9.17) is 0 Å². The zero-order chi connectivity index (χ0) is 15.3. The van der Waals surface area contributed by atoms with Crippen molar-refractivity contribution in [1.29, 1.82) is 0 Å². The van der Waals surface area contributed by atoms with E-state index in [9.17, 15) is 18.0 Å². The molecule has 1 heterocycles. The van der Waals surface area contributed by atoms with Gasteiger partial charge in [-0.2, -0.15) is 0 Å². The van der Waals surface area contributed by atoms with Crippen LogP contribution in [0.5, 0.6) is 5.75 Å². The molecule has 1 aromatic heterocycles. The molecule has 0 aliphatic rings. The quantitative estimate of drug-likeness (QED) is 0.850. The van der Waals surface area contributed by atoms with Crippen LogP contribution in [0.25, 0.3) is 0 Å². The van der Waals surface area contributed by atoms with Gasteiger partial charge in [0, 0.05) is 5.69 Å². The number of benzene rings is 1. The number of thioether (sulfide) groups is 1. The van der Waals surface area contributed by atoms with Crippen molar-refractivity contribution in [2.24, 2.45) is 0 Å². The molecule has 0 aliphatic heterocycles. The molecule has 1 aromatic carbocycles. The minimum absolute atomic E-state index is 0.135. The molecule has 0 spiro atoms. The van der Waals surface area contributed by atoms with Crippen molar-refractivity contribution in [2.75, 3.05) is 11.1 Å². The predicted octanol–water partition coefficient (Wildman–Crippen LogP) is 3.17. The van der Waals surface area contributed by atoms with E-state index in [1.165, 1.54) is 35.2 Å². The monoisotopic (exact) mass is 335 g/mol. The van der Waals surface area contributed by atoms with Crippen LogP contribution >= 0.6 is 23.1 Å². The highest BCUT2D eigenvalue weighted by Gasteiger charge is 2.30. The summed E-state index contributed by atoms with van der Waals surface area (Å²) in [5, 5.41) is 9.96. The number of alkyl halides is 3. The number of hydrogen-bond donors (Lipinski definition) is 1. The van der Waals surface area contributed by atoms with Crippen LogP contribution < -0.4 is 10.1 Å². The van der Waals surface area contributed by atoms with E-state index in [1.54, 1.807) is 5.51 Å².